The van der Waals surface area contributed by atoms with E-state index in [2.05, 4.69) is 24.0 Å². The minimum atomic E-state index is -0.374. The van der Waals surface area contributed by atoms with Crippen LogP contribution in [0.5, 0.6) is 0 Å². The summed E-state index contributed by atoms with van der Waals surface area (Å²) in [5, 5.41) is 8.98. The third-order valence-corrected chi connectivity index (χ3v) is 3.59. The molecule has 0 N–H and O–H groups in total. The van der Waals surface area contributed by atoms with Gasteiger partial charge in [-0.15, -0.1) is 0 Å². The Labute approximate surface area is 114 Å². The molecule has 1 aliphatic heterocycles. The summed E-state index contributed by atoms with van der Waals surface area (Å²) < 4.78 is 0. The molecule has 1 aromatic rings. The standard InChI is InChI=1S/C15H19N3O/c1-11-5-4-6-13(9-11)18-12(2)10-17(3)15(19)14(18)7-8-16/h4-6,9,12,14H,7,10H2,1-3H3. The van der Waals surface area contributed by atoms with E-state index >= 15 is 0 Å². The second kappa shape index (κ2) is 5.31. The van der Waals surface area contributed by atoms with E-state index in [0.717, 1.165) is 11.3 Å². The molecule has 0 saturated carbocycles. The van der Waals surface area contributed by atoms with Crippen molar-refractivity contribution >= 4 is 11.6 Å². The number of nitriles is 1. The average Bonchev–Trinajstić information content (AvgIpc) is 2.36. The molecular formula is C15H19N3O. The van der Waals surface area contributed by atoms with E-state index < -0.39 is 0 Å². The monoisotopic (exact) mass is 257 g/mol. The summed E-state index contributed by atoms with van der Waals surface area (Å²) in [6, 6.07) is 10.1. The molecule has 0 aromatic heterocycles. The van der Waals surface area contributed by atoms with Crippen molar-refractivity contribution in [2.45, 2.75) is 32.4 Å². The van der Waals surface area contributed by atoms with Crippen molar-refractivity contribution < 1.29 is 4.79 Å². The molecule has 1 saturated heterocycles. The molecular weight excluding hydrogens is 238 g/mol. The van der Waals surface area contributed by atoms with Crippen LogP contribution in [0.4, 0.5) is 5.69 Å². The number of nitrogens with zero attached hydrogens (tertiary/aromatic N) is 3. The first-order chi connectivity index (χ1) is 9.04. The molecule has 1 heterocycles. The molecule has 2 rings (SSSR count). The molecule has 100 valence electrons. The predicted octanol–water partition coefficient (Wildman–Crippen LogP) is 1.94. The Hall–Kier alpha value is -2.02. The Kier molecular flexibility index (Phi) is 3.75. The molecule has 1 aliphatic rings. The fourth-order valence-corrected chi connectivity index (χ4v) is 2.75. The number of carbonyl (C=O) groups is 1. The van der Waals surface area contributed by atoms with Crippen LogP contribution >= 0.6 is 0 Å². The lowest BCUT2D eigenvalue weighted by molar-refractivity contribution is -0.133. The van der Waals surface area contributed by atoms with Crippen molar-refractivity contribution in [2.75, 3.05) is 18.5 Å². The van der Waals surface area contributed by atoms with Crippen molar-refractivity contribution in [1.82, 2.24) is 4.90 Å². The Morgan fingerprint density at radius 3 is 2.84 bits per heavy atom. The summed E-state index contributed by atoms with van der Waals surface area (Å²) in [5.74, 6) is 0.0288. The number of carbonyl (C=O) groups excluding carboxylic acids is 1. The van der Waals surface area contributed by atoms with E-state index in [-0.39, 0.29) is 24.4 Å². The first-order valence-electron chi connectivity index (χ1n) is 6.51. The van der Waals surface area contributed by atoms with Crippen LogP contribution in [0.25, 0.3) is 0 Å². The second-order valence-electron chi connectivity index (χ2n) is 5.19. The van der Waals surface area contributed by atoms with Gasteiger partial charge in [0.05, 0.1) is 12.5 Å². The molecule has 2 unspecified atom stereocenters. The molecule has 1 aromatic carbocycles. The maximum Gasteiger partial charge on any atom is 0.246 e. The van der Waals surface area contributed by atoms with Gasteiger partial charge in [-0.05, 0) is 31.5 Å². The number of anilines is 1. The Morgan fingerprint density at radius 1 is 1.47 bits per heavy atom. The van der Waals surface area contributed by atoms with Crippen LogP contribution in [-0.4, -0.2) is 36.5 Å². The molecule has 1 fully saturated rings. The molecule has 4 nitrogen and oxygen atoms in total. The van der Waals surface area contributed by atoms with E-state index in [9.17, 15) is 4.79 Å². The SMILES string of the molecule is Cc1cccc(N2C(C)CN(C)C(=O)C2CC#N)c1. The Balaban J connectivity index is 2.39. The lowest BCUT2D eigenvalue weighted by Crippen LogP contribution is -2.60. The van der Waals surface area contributed by atoms with Gasteiger partial charge in [-0.2, -0.15) is 5.26 Å². The smallest absolute Gasteiger partial charge is 0.246 e. The Morgan fingerprint density at radius 2 is 2.21 bits per heavy atom. The minimum absolute atomic E-state index is 0.0288. The summed E-state index contributed by atoms with van der Waals surface area (Å²) in [6.45, 7) is 4.82. The third kappa shape index (κ3) is 2.55. The van der Waals surface area contributed by atoms with Crippen LogP contribution in [0, 0.1) is 18.3 Å². The summed E-state index contributed by atoms with van der Waals surface area (Å²) in [7, 11) is 1.80. The number of amides is 1. The molecule has 1 amide bonds. The lowest BCUT2D eigenvalue weighted by Gasteiger charge is -2.44. The summed E-state index contributed by atoms with van der Waals surface area (Å²) in [5.41, 5.74) is 2.18. The summed E-state index contributed by atoms with van der Waals surface area (Å²) >= 11 is 0. The van der Waals surface area contributed by atoms with Gasteiger partial charge in [0.2, 0.25) is 5.91 Å². The highest BCUT2D eigenvalue weighted by atomic mass is 16.2. The van der Waals surface area contributed by atoms with Crippen LogP contribution in [0.1, 0.15) is 18.9 Å². The fraction of sp³-hybridized carbons (Fsp3) is 0.467. The van der Waals surface area contributed by atoms with Crippen molar-refractivity contribution in [3.8, 4) is 6.07 Å². The number of likely N-dealkylation sites (N-methyl/N-ethyl adjacent to an activating group) is 1. The van der Waals surface area contributed by atoms with Gasteiger partial charge in [-0.25, -0.2) is 0 Å². The number of hydrogen-bond donors (Lipinski definition) is 0. The van der Waals surface area contributed by atoms with Gasteiger partial charge < -0.3 is 9.80 Å². The second-order valence-corrected chi connectivity index (χ2v) is 5.19. The molecule has 0 bridgehead atoms. The highest BCUT2D eigenvalue weighted by molar-refractivity contribution is 5.87. The molecule has 0 aliphatic carbocycles. The number of piperazine rings is 1. The van der Waals surface area contributed by atoms with Gasteiger partial charge in [0.15, 0.2) is 0 Å². The van der Waals surface area contributed by atoms with Crippen LogP contribution in [0.2, 0.25) is 0 Å². The molecule has 0 radical (unpaired) electrons. The zero-order chi connectivity index (χ0) is 14.0. The van der Waals surface area contributed by atoms with E-state index in [0.29, 0.717) is 6.54 Å². The zero-order valence-corrected chi connectivity index (χ0v) is 11.6. The maximum atomic E-state index is 12.3. The van der Waals surface area contributed by atoms with Gasteiger partial charge in [0, 0.05) is 25.3 Å². The van der Waals surface area contributed by atoms with E-state index in [1.807, 2.05) is 25.1 Å². The molecule has 0 spiro atoms. The van der Waals surface area contributed by atoms with E-state index in [1.54, 1.807) is 11.9 Å². The van der Waals surface area contributed by atoms with Crippen molar-refractivity contribution in [3.63, 3.8) is 0 Å². The average molecular weight is 257 g/mol. The van der Waals surface area contributed by atoms with Gasteiger partial charge in [-0.1, -0.05) is 12.1 Å². The highest BCUT2D eigenvalue weighted by Gasteiger charge is 2.37. The summed E-state index contributed by atoms with van der Waals surface area (Å²) in [6.07, 6.45) is 0.224. The fourth-order valence-electron chi connectivity index (χ4n) is 2.75. The number of aryl methyl sites for hydroxylation is 1. The van der Waals surface area contributed by atoms with Crippen LogP contribution < -0.4 is 4.90 Å². The number of rotatable bonds is 2. The topological polar surface area (TPSA) is 47.3 Å². The van der Waals surface area contributed by atoms with Crippen LogP contribution in [0.3, 0.4) is 0 Å². The van der Waals surface area contributed by atoms with E-state index in [4.69, 9.17) is 5.26 Å². The number of hydrogen-bond acceptors (Lipinski definition) is 3. The van der Waals surface area contributed by atoms with Gasteiger partial charge >= 0.3 is 0 Å². The largest absolute Gasteiger partial charge is 0.354 e. The van der Waals surface area contributed by atoms with Gasteiger partial charge in [-0.3, -0.25) is 4.79 Å². The van der Waals surface area contributed by atoms with E-state index in [1.165, 1.54) is 0 Å². The molecule has 4 heteroatoms. The summed E-state index contributed by atoms with van der Waals surface area (Å²) in [4.78, 5) is 16.1. The third-order valence-electron chi connectivity index (χ3n) is 3.59. The van der Waals surface area contributed by atoms with Crippen molar-refractivity contribution in [2.24, 2.45) is 0 Å². The molecule has 19 heavy (non-hydrogen) atoms. The number of benzene rings is 1. The Bertz CT molecular complexity index is 520. The minimum Gasteiger partial charge on any atom is -0.354 e. The lowest BCUT2D eigenvalue weighted by atomic mass is 10.0. The first-order valence-corrected chi connectivity index (χ1v) is 6.51. The van der Waals surface area contributed by atoms with Crippen LogP contribution in [-0.2, 0) is 4.79 Å². The zero-order valence-electron chi connectivity index (χ0n) is 11.6. The predicted molar refractivity (Wildman–Crippen MR) is 74.8 cm³/mol. The van der Waals surface area contributed by atoms with Gasteiger partial charge in [0.1, 0.15) is 6.04 Å². The van der Waals surface area contributed by atoms with Crippen LogP contribution in [0.15, 0.2) is 24.3 Å². The first kappa shape index (κ1) is 13.4. The van der Waals surface area contributed by atoms with Crippen molar-refractivity contribution in [3.05, 3.63) is 29.8 Å². The highest BCUT2D eigenvalue weighted by Crippen LogP contribution is 2.27. The molecule has 2 atom stereocenters. The quantitative estimate of drug-likeness (QED) is 0.813. The van der Waals surface area contributed by atoms with Crippen molar-refractivity contribution in [1.29, 1.82) is 5.26 Å². The normalized spacial score (nSPS) is 23.4. The van der Waals surface area contributed by atoms with Gasteiger partial charge in [0.25, 0.3) is 0 Å². The maximum absolute atomic E-state index is 12.3.